The highest BCUT2D eigenvalue weighted by Gasteiger charge is 2.48. The molecule has 2 fully saturated rings. The monoisotopic (exact) mass is 386 g/mol. The highest BCUT2D eigenvalue weighted by atomic mass is 19.1. The van der Waals surface area contributed by atoms with Gasteiger partial charge >= 0.3 is 5.69 Å². The number of benzene rings is 1. The van der Waals surface area contributed by atoms with E-state index in [1.807, 2.05) is 17.9 Å². The molecule has 0 aliphatic carbocycles. The van der Waals surface area contributed by atoms with Crippen LogP contribution in [0.1, 0.15) is 30.6 Å². The molecule has 0 radical (unpaired) electrons. The minimum Gasteiger partial charge on any atom is -0.335 e. The molecule has 4 rings (SSSR count). The fourth-order valence-corrected chi connectivity index (χ4v) is 4.69. The van der Waals surface area contributed by atoms with Crippen molar-refractivity contribution in [1.29, 1.82) is 0 Å². The topological polar surface area (TPSA) is 89.3 Å². The van der Waals surface area contributed by atoms with Gasteiger partial charge in [0.15, 0.2) is 0 Å². The van der Waals surface area contributed by atoms with Gasteiger partial charge in [-0.25, -0.2) is 9.18 Å². The van der Waals surface area contributed by atoms with E-state index in [9.17, 15) is 18.8 Å². The summed E-state index contributed by atoms with van der Waals surface area (Å²) in [5.74, 6) is 0.235. The Labute approximate surface area is 161 Å². The Kier molecular flexibility index (Phi) is 4.89. The molecule has 0 unspecified atom stereocenters. The van der Waals surface area contributed by atoms with E-state index in [1.54, 1.807) is 6.07 Å². The number of aromatic nitrogens is 2. The molecule has 8 heteroatoms. The number of nitrogens with zero attached hydrogens (tertiary/aromatic N) is 2. The molecule has 1 aromatic carbocycles. The summed E-state index contributed by atoms with van der Waals surface area (Å²) in [7, 11) is 0. The molecular weight excluding hydrogens is 363 g/mol. The number of carbonyl (C=O) groups is 1. The Hall–Kier alpha value is -2.74. The summed E-state index contributed by atoms with van der Waals surface area (Å²) in [6, 6.07) is 7.72. The van der Waals surface area contributed by atoms with Gasteiger partial charge in [-0.1, -0.05) is 19.1 Å². The summed E-state index contributed by atoms with van der Waals surface area (Å²) >= 11 is 0. The van der Waals surface area contributed by atoms with E-state index in [0.29, 0.717) is 31.7 Å². The lowest BCUT2D eigenvalue weighted by atomic mass is 9.89. The van der Waals surface area contributed by atoms with Crippen molar-refractivity contribution in [2.24, 2.45) is 11.8 Å². The maximum atomic E-state index is 13.8. The molecule has 1 amide bonds. The van der Waals surface area contributed by atoms with Gasteiger partial charge in [-0.3, -0.25) is 19.5 Å². The van der Waals surface area contributed by atoms with Gasteiger partial charge in [-0.2, -0.15) is 0 Å². The van der Waals surface area contributed by atoms with Gasteiger partial charge in [-0.05, 0) is 23.6 Å². The minimum absolute atomic E-state index is 0.0779. The third-order valence-corrected chi connectivity index (χ3v) is 5.76. The molecule has 2 saturated heterocycles. The number of hydrogen-bond acceptors (Lipinski definition) is 4. The average molecular weight is 386 g/mol. The first-order valence-electron chi connectivity index (χ1n) is 9.54. The molecule has 1 aromatic heterocycles. The minimum atomic E-state index is -0.515. The summed E-state index contributed by atoms with van der Waals surface area (Å²) in [6.07, 6.45) is 0.420. The number of H-pyrrole nitrogens is 2. The molecule has 2 aliphatic rings. The zero-order valence-corrected chi connectivity index (χ0v) is 15.7. The van der Waals surface area contributed by atoms with E-state index in [-0.39, 0.29) is 29.6 Å². The van der Waals surface area contributed by atoms with Crippen molar-refractivity contribution in [3.63, 3.8) is 0 Å². The lowest BCUT2D eigenvalue weighted by Crippen LogP contribution is -2.35. The molecule has 2 aromatic rings. The van der Waals surface area contributed by atoms with Crippen LogP contribution >= 0.6 is 0 Å². The summed E-state index contributed by atoms with van der Waals surface area (Å²) in [5, 5.41) is 0. The van der Waals surface area contributed by atoms with Crippen LogP contribution in [0.4, 0.5) is 4.39 Å². The number of carbonyl (C=O) groups excluding carboxylic acids is 1. The summed E-state index contributed by atoms with van der Waals surface area (Å²) in [5.41, 5.74) is 0.452. The molecule has 0 spiro atoms. The lowest BCUT2D eigenvalue weighted by Gasteiger charge is -2.30. The number of amides is 1. The maximum Gasteiger partial charge on any atom is 0.325 e. The van der Waals surface area contributed by atoms with E-state index in [2.05, 4.69) is 14.9 Å². The summed E-state index contributed by atoms with van der Waals surface area (Å²) in [6.45, 7) is 4.42. The summed E-state index contributed by atoms with van der Waals surface area (Å²) < 4.78 is 13.8. The third-order valence-electron chi connectivity index (χ3n) is 5.76. The predicted octanol–water partition coefficient (Wildman–Crippen LogP) is 1.24. The fraction of sp³-hybridized carbons (Fsp3) is 0.450. The SMILES string of the molecule is CCC(=O)N1C[C@@H]2CN(Cc3cc(=O)[nH]c(=O)[nH]3)C[C@@H]2[C@@H]1c1cccc(F)c1. The largest absolute Gasteiger partial charge is 0.335 e. The van der Waals surface area contributed by atoms with Crippen LogP contribution in [0.5, 0.6) is 0 Å². The standard InChI is InChI=1S/C20H23FN4O3/c1-2-18(27)25-9-13-8-24(10-15-7-17(26)23-20(28)22-15)11-16(13)19(25)12-4-3-5-14(21)6-12/h3-7,13,16,19H,2,8-11H2,1H3,(H2,22,23,26,28)/t13-,16-,19-/m0/s1. The van der Waals surface area contributed by atoms with Crippen LogP contribution in [0.2, 0.25) is 0 Å². The molecular formula is C20H23FN4O3. The van der Waals surface area contributed by atoms with Crippen LogP contribution in [0, 0.1) is 17.7 Å². The van der Waals surface area contributed by atoms with Crippen molar-refractivity contribution in [1.82, 2.24) is 19.8 Å². The van der Waals surface area contributed by atoms with Crippen molar-refractivity contribution in [3.05, 3.63) is 68.2 Å². The molecule has 0 bridgehead atoms. The van der Waals surface area contributed by atoms with E-state index >= 15 is 0 Å². The molecule has 3 heterocycles. The Morgan fingerprint density at radius 3 is 2.71 bits per heavy atom. The van der Waals surface area contributed by atoms with Crippen LogP contribution in [-0.2, 0) is 11.3 Å². The van der Waals surface area contributed by atoms with Gasteiger partial charge in [-0.15, -0.1) is 0 Å². The summed E-state index contributed by atoms with van der Waals surface area (Å²) in [4.78, 5) is 44.4. The van der Waals surface area contributed by atoms with E-state index < -0.39 is 11.2 Å². The fourth-order valence-electron chi connectivity index (χ4n) is 4.69. The van der Waals surface area contributed by atoms with E-state index in [1.165, 1.54) is 18.2 Å². The molecule has 28 heavy (non-hydrogen) atoms. The number of rotatable bonds is 4. The quantitative estimate of drug-likeness (QED) is 0.828. The number of hydrogen-bond donors (Lipinski definition) is 2. The molecule has 2 N–H and O–H groups in total. The normalized spacial score (nSPS) is 24.5. The second-order valence-corrected chi connectivity index (χ2v) is 7.63. The molecule has 2 aliphatic heterocycles. The molecule has 3 atom stereocenters. The Morgan fingerprint density at radius 1 is 1.18 bits per heavy atom. The van der Waals surface area contributed by atoms with Gasteiger partial charge in [0, 0.05) is 50.3 Å². The van der Waals surface area contributed by atoms with Gasteiger partial charge in [0.1, 0.15) is 5.82 Å². The lowest BCUT2D eigenvalue weighted by molar-refractivity contribution is -0.132. The van der Waals surface area contributed by atoms with Gasteiger partial charge in [0.05, 0.1) is 6.04 Å². The Bertz CT molecular complexity index is 973. The number of aromatic amines is 2. The molecule has 148 valence electrons. The maximum absolute atomic E-state index is 13.8. The van der Waals surface area contributed by atoms with Crippen LogP contribution in [0.15, 0.2) is 39.9 Å². The Balaban J connectivity index is 1.58. The number of nitrogens with one attached hydrogen (secondary N) is 2. The van der Waals surface area contributed by atoms with Crippen molar-refractivity contribution < 1.29 is 9.18 Å². The number of halogens is 1. The van der Waals surface area contributed by atoms with Gasteiger partial charge in [0.2, 0.25) is 5.91 Å². The number of fused-ring (bicyclic) bond motifs is 1. The highest BCUT2D eigenvalue weighted by molar-refractivity contribution is 5.77. The van der Waals surface area contributed by atoms with E-state index in [0.717, 1.165) is 12.1 Å². The van der Waals surface area contributed by atoms with Crippen molar-refractivity contribution in [2.75, 3.05) is 19.6 Å². The van der Waals surface area contributed by atoms with Crippen LogP contribution in [0.3, 0.4) is 0 Å². The van der Waals surface area contributed by atoms with Gasteiger partial charge < -0.3 is 9.88 Å². The van der Waals surface area contributed by atoms with Crippen LogP contribution in [-0.4, -0.2) is 45.3 Å². The van der Waals surface area contributed by atoms with E-state index in [4.69, 9.17) is 0 Å². The first-order chi connectivity index (χ1) is 13.4. The van der Waals surface area contributed by atoms with Crippen LogP contribution in [0.25, 0.3) is 0 Å². The van der Waals surface area contributed by atoms with Gasteiger partial charge in [0.25, 0.3) is 5.56 Å². The molecule has 7 nitrogen and oxygen atoms in total. The second-order valence-electron chi connectivity index (χ2n) is 7.63. The first-order valence-corrected chi connectivity index (χ1v) is 9.54. The highest BCUT2D eigenvalue weighted by Crippen LogP contribution is 2.45. The van der Waals surface area contributed by atoms with Crippen molar-refractivity contribution in [2.45, 2.75) is 25.9 Å². The zero-order chi connectivity index (χ0) is 19.8. The van der Waals surface area contributed by atoms with Crippen LogP contribution < -0.4 is 11.2 Å². The van der Waals surface area contributed by atoms with Crippen molar-refractivity contribution >= 4 is 5.91 Å². The smallest absolute Gasteiger partial charge is 0.325 e. The average Bonchev–Trinajstić information content (AvgIpc) is 3.17. The number of likely N-dealkylation sites (tertiary alicyclic amines) is 2. The zero-order valence-electron chi connectivity index (χ0n) is 15.7. The molecule has 0 saturated carbocycles. The second kappa shape index (κ2) is 7.35. The van der Waals surface area contributed by atoms with Crippen molar-refractivity contribution in [3.8, 4) is 0 Å². The first kappa shape index (κ1) is 18.6. The Morgan fingerprint density at radius 2 is 2.00 bits per heavy atom. The third kappa shape index (κ3) is 3.52. The predicted molar refractivity (Wildman–Crippen MR) is 101 cm³/mol.